The zero-order chi connectivity index (χ0) is 16.8. The van der Waals surface area contributed by atoms with Crippen molar-refractivity contribution in [3.8, 4) is 5.75 Å². The van der Waals surface area contributed by atoms with Crippen LogP contribution in [0.2, 0.25) is 0 Å². The predicted molar refractivity (Wildman–Crippen MR) is 89.9 cm³/mol. The summed E-state index contributed by atoms with van der Waals surface area (Å²) in [6.45, 7) is 2.23. The summed E-state index contributed by atoms with van der Waals surface area (Å²) >= 11 is 0. The topological polar surface area (TPSA) is 79.4 Å². The summed E-state index contributed by atoms with van der Waals surface area (Å²) in [5, 5.41) is 5.59. The molecule has 122 valence electrons. The van der Waals surface area contributed by atoms with Gasteiger partial charge in [-0.2, -0.15) is 0 Å². The van der Waals surface area contributed by atoms with Gasteiger partial charge in [0.25, 0.3) is 0 Å². The molecule has 2 rings (SSSR count). The molecular formula is C16H21N5O2. The molecule has 2 amide bonds. The molecule has 2 aromatic rings. The van der Waals surface area contributed by atoms with Gasteiger partial charge in [0.15, 0.2) is 0 Å². The minimum absolute atomic E-state index is 0.289. The maximum Gasteiger partial charge on any atom is 0.319 e. The van der Waals surface area contributed by atoms with E-state index in [-0.39, 0.29) is 6.03 Å². The van der Waals surface area contributed by atoms with E-state index in [1.54, 1.807) is 25.4 Å². The summed E-state index contributed by atoms with van der Waals surface area (Å²) < 4.78 is 5.14. The molecule has 0 saturated heterocycles. The normalized spacial score (nSPS) is 10.1. The maximum atomic E-state index is 12.0. The van der Waals surface area contributed by atoms with Crippen LogP contribution in [0.25, 0.3) is 0 Å². The largest absolute Gasteiger partial charge is 0.497 e. The SMILES string of the molecule is COc1ccc(NC(=O)NCc2ccnc(N(C)C)n2)c(C)c1. The zero-order valence-corrected chi connectivity index (χ0v) is 13.8. The lowest BCUT2D eigenvalue weighted by atomic mass is 10.2. The Morgan fingerprint density at radius 2 is 2.09 bits per heavy atom. The van der Waals surface area contributed by atoms with E-state index >= 15 is 0 Å². The van der Waals surface area contributed by atoms with Gasteiger partial charge in [0.1, 0.15) is 5.75 Å². The smallest absolute Gasteiger partial charge is 0.319 e. The Balaban J connectivity index is 1.94. The Bertz CT molecular complexity index is 688. The molecule has 0 unspecified atom stereocenters. The van der Waals surface area contributed by atoms with Gasteiger partial charge in [-0.25, -0.2) is 14.8 Å². The van der Waals surface area contributed by atoms with Gasteiger partial charge in [-0.15, -0.1) is 0 Å². The van der Waals surface area contributed by atoms with Crippen molar-refractivity contribution < 1.29 is 9.53 Å². The van der Waals surface area contributed by atoms with Crippen molar-refractivity contribution in [1.82, 2.24) is 15.3 Å². The van der Waals surface area contributed by atoms with Crippen molar-refractivity contribution in [3.05, 3.63) is 41.7 Å². The summed E-state index contributed by atoms with van der Waals surface area (Å²) in [5.41, 5.74) is 2.40. The van der Waals surface area contributed by atoms with E-state index in [2.05, 4.69) is 20.6 Å². The van der Waals surface area contributed by atoms with Crippen molar-refractivity contribution in [2.75, 3.05) is 31.4 Å². The standard InChI is InChI=1S/C16H21N5O2/c1-11-9-13(23-4)5-6-14(11)20-16(22)18-10-12-7-8-17-15(19-12)21(2)3/h5-9H,10H2,1-4H3,(H2,18,20,22). The highest BCUT2D eigenvalue weighted by Crippen LogP contribution is 2.20. The molecule has 7 nitrogen and oxygen atoms in total. The van der Waals surface area contributed by atoms with Crippen LogP contribution in [-0.2, 0) is 6.54 Å². The molecule has 0 atom stereocenters. The lowest BCUT2D eigenvalue weighted by Crippen LogP contribution is -2.29. The fourth-order valence-electron chi connectivity index (χ4n) is 1.94. The minimum atomic E-state index is -0.289. The first-order chi connectivity index (χ1) is 11.0. The van der Waals surface area contributed by atoms with Gasteiger partial charge in [0.05, 0.1) is 19.3 Å². The van der Waals surface area contributed by atoms with Crippen LogP contribution in [0.4, 0.5) is 16.4 Å². The molecule has 0 saturated carbocycles. The molecule has 0 bridgehead atoms. The number of ether oxygens (including phenoxy) is 1. The average molecular weight is 315 g/mol. The van der Waals surface area contributed by atoms with Crippen LogP contribution < -0.4 is 20.3 Å². The maximum absolute atomic E-state index is 12.0. The molecule has 0 fully saturated rings. The Kier molecular flexibility index (Phi) is 5.35. The highest BCUT2D eigenvalue weighted by atomic mass is 16.5. The first kappa shape index (κ1) is 16.5. The van der Waals surface area contributed by atoms with E-state index in [1.807, 2.05) is 38.1 Å². The molecule has 0 aliphatic carbocycles. The van der Waals surface area contributed by atoms with Crippen LogP contribution in [0, 0.1) is 6.92 Å². The summed E-state index contributed by atoms with van der Waals surface area (Å²) in [6.07, 6.45) is 1.67. The molecule has 0 aliphatic rings. The number of rotatable bonds is 5. The number of nitrogens with zero attached hydrogens (tertiary/aromatic N) is 3. The first-order valence-electron chi connectivity index (χ1n) is 7.18. The number of nitrogens with one attached hydrogen (secondary N) is 2. The molecule has 2 N–H and O–H groups in total. The average Bonchev–Trinajstić information content (AvgIpc) is 2.55. The Morgan fingerprint density at radius 1 is 1.30 bits per heavy atom. The monoisotopic (exact) mass is 315 g/mol. The van der Waals surface area contributed by atoms with Crippen molar-refractivity contribution in [3.63, 3.8) is 0 Å². The fraction of sp³-hybridized carbons (Fsp3) is 0.312. The highest BCUT2D eigenvalue weighted by Gasteiger charge is 2.07. The van der Waals surface area contributed by atoms with E-state index in [0.29, 0.717) is 12.5 Å². The van der Waals surface area contributed by atoms with Gasteiger partial charge < -0.3 is 20.3 Å². The van der Waals surface area contributed by atoms with Crippen LogP contribution in [-0.4, -0.2) is 37.2 Å². The van der Waals surface area contributed by atoms with Crippen LogP contribution in [0.1, 0.15) is 11.3 Å². The number of urea groups is 1. The molecule has 1 heterocycles. The number of amides is 2. The quantitative estimate of drug-likeness (QED) is 0.884. The highest BCUT2D eigenvalue weighted by molar-refractivity contribution is 5.90. The van der Waals surface area contributed by atoms with Gasteiger partial charge in [-0.1, -0.05) is 0 Å². The third kappa shape index (κ3) is 4.57. The zero-order valence-electron chi connectivity index (χ0n) is 13.8. The second-order valence-corrected chi connectivity index (χ2v) is 5.23. The summed E-state index contributed by atoms with van der Waals surface area (Å²) in [4.78, 5) is 22.3. The van der Waals surface area contributed by atoms with Gasteiger partial charge in [0.2, 0.25) is 5.95 Å². The van der Waals surface area contributed by atoms with E-state index in [0.717, 1.165) is 22.7 Å². The fourth-order valence-corrected chi connectivity index (χ4v) is 1.94. The van der Waals surface area contributed by atoms with Crippen LogP contribution in [0.5, 0.6) is 5.75 Å². The van der Waals surface area contributed by atoms with E-state index < -0.39 is 0 Å². The lowest BCUT2D eigenvalue weighted by Gasteiger charge is -2.12. The van der Waals surface area contributed by atoms with Crippen molar-refractivity contribution in [2.24, 2.45) is 0 Å². The number of methoxy groups -OCH3 is 1. The number of carbonyl (C=O) groups excluding carboxylic acids is 1. The van der Waals surface area contributed by atoms with E-state index in [9.17, 15) is 4.79 Å². The summed E-state index contributed by atoms with van der Waals surface area (Å²) in [7, 11) is 5.34. The van der Waals surface area contributed by atoms with Crippen molar-refractivity contribution in [1.29, 1.82) is 0 Å². The number of aromatic nitrogens is 2. The number of aryl methyl sites for hydroxylation is 1. The molecule has 23 heavy (non-hydrogen) atoms. The van der Waals surface area contributed by atoms with Crippen LogP contribution in [0.3, 0.4) is 0 Å². The third-order valence-electron chi connectivity index (χ3n) is 3.21. The molecular weight excluding hydrogens is 294 g/mol. The third-order valence-corrected chi connectivity index (χ3v) is 3.21. The summed E-state index contributed by atoms with van der Waals surface area (Å²) in [6, 6.07) is 6.96. The summed E-state index contributed by atoms with van der Waals surface area (Å²) in [5.74, 6) is 1.36. The Morgan fingerprint density at radius 3 is 2.74 bits per heavy atom. The first-order valence-corrected chi connectivity index (χ1v) is 7.18. The number of hydrogen-bond acceptors (Lipinski definition) is 5. The van der Waals surface area contributed by atoms with Gasteiger partial charge in [-0.05, 0) is 36.8 Å². The second-order valence-electron chi connectivity index (χ2n) is 5.23. The number of anilines is 2. The van der Waals surface area contributed by atoms with Crippen molar-refractivity contribution in [2.45, 2.75) is 13.5 Å². The predicted octanol–water partition coefficient (Wildman–Crippen LogP) is 2.18. The Hall–Kier alpha value is -2.83. The van der Waals surface area contributed by atoms with Gasteiger partial charge in [-0.3, -0.25) is 0 Å². The van der Waals surface area contributed by atoms with E-state index in [1.165, 1.54) is 0 Å². The molecule has 0 aliphatic heterocycles. The molecule has 1 aromatic carbocycles. The molecule has 1 aromatic heterocycles. The minimum Gasteiger partial charge on any atom is -0.497 e. The van der Waals surface area contributed by atoms with Crippen molar-refractivity contribution >= 4 is 17.7 Å². The number of hydrogen-bond donors (Lipinski definition) is 2. The van der Waals surface area contributed by atoms with Gasteiger partial charge in [0, 0.05) is 26.0 Å². The van der Waals surface area contributed by atoms with Gasteiger partial charge >= 0.3 is 6.03 Å². The second kappa shape index (κ2) is 7.44. The number of carbonyl (C=O) groups is 1. The molecule has 7 heteroatoms. The Labute approximate surface area is 135 Å². The molecule has 0 spiro atoms. The van der Waals surface area contributed by atoms with E-state index in [4.69, 9.17) is 4.74 Å². The van der Waals surface area contributed by atoms with Crippen LogP contribution >= 0.6 is 0 Å². The molecule has 0 radical (unpaired) electrons. The number of benzene rings is 1. The van der Waals surface area contributed by atoms with Crippen LogP contribution in [0.15, 0.2) is 30.5 Å². The lowest BCUT2D eigenvalue weighted by molar-refractivity contribution is 0.251.